The lowest BCUT2D eigenvalue weighted by atomic mass is 10.2. The standard InChI is InChI=1S/C16H13BrN4O/c1-11-15(21-9-3-2-4-14(21)19-11)16(22)20-18-10-12-5-7-13(17)8-6-12/h2-10H,1H3,(H,20,22)/b18-10-. The maximum atomic E-state index is 12.3. The first-order chi connectivity index (χ1) is 10.6. The van der Waals surface area contributed by atoms with Gasteiger partial charge in [0.2, 0.25) is 0 Å². The number of benzene rings is 1. The van der Waals surface area contributed by atoms with Crippen molar-refractivity contribution in [3.8, 4) is 0 Å². The zero-order valence-corrected chi connectivity index (χ0v) is 13.4. The summed E-state index contributed by atoms with van der Waals surface area (Å²) in [5.41, 5.74) is 5.34. The molecule has 22 heavy (non-hydrogen) atoms. The van der Waals surface area contributed by atoms with Crippen molar-refractivity contribution in [2.45, 2.75) is 6.92 Å². The Morgan fingerprint density at radius 3 is 2.82 bits per heavy atom. The van der Waals surface area contributed by atoms with Crippen molar-refractivity contribution in [1.29, 1.82) is 0 Å². The van der Waals surface area contributed by atoms with Crippen LogP contribution in [0.15, 0.2) is 58.2 Å². The van der Waals surface area contributed by atoms with E-state index in [2.05, 4.69) is 31.4 Å². The van der Waals surface area contributed by atoms with Crippen LogP contribution in [-0.4, -0.2) is 21.5 Å². The fourth-order valence-corrected chi connectivity index (χ4v) is 2.42. The first kappa shape index (κ1) is 14.5. The first-order valence-corrected chi connectivity index (χ1v) is 7.47. The number of hydrogen-bond donors (Lipinski definition) is 1. The number of carbonyl (C=O) groups is 1. The van der Waals surface area contributed by atoms with Crippen LogP contribution < -0.4 is 5.43 Å². The van der Waals surface area contributed by atoms with Gasteiger partial charge in [0, 0.05) is 10.7 Å². The van der Waals surface area contributed by atoms with Crippen LogP contribution in [0.1, 0.15) is 21.7 Å². The minimum atomic E-state index is -0.287. The van der Waals surface area contributed by atoms with Crippen molar-refractivity contribution in [3.05, 3.63) is 70.1 Å². The van der Waals surface area contributed by atoms with Gasteiger partial charge in [-0.15, -0.1) is 0 Å². The van der Waals surface area contributed by atoms with E-state index in [0.717, 1.165) is 15.7 Å². The topological polar surface area (TPSA) is 58.8 Å². The smallest absolute Gasteiger partial charge is 0.290 e. The summed E-state index contributed by atoms with van der Waals surface area (Å²) in [6.07, 6.45) is 3.41. The molecule has 0 saturated carbocycles. The van der Waals surface area contributed by atoms with Gasteiger partial charge in [0.1, 0.15) is 11.3 Å². The highest BCUT2D eigenvalue weighted by atomic mass is 79.9. The normalized spacial score (nSPS) is 11.2. The molecule has 2 aromatic heterocycles. The number of hydrazone groups is 1. The number of nitrogens with one attached hydrogen (secondary N) is 1. The zero-order chi connectivity index (χ0) is 15.5. The third-order valence-corrected chi connectivity index (χ3v) is 3.70. The van der Waals surface area contributed by atoms with E-state index < -0.39 is 0 Å². The number of rotatable bonds is 3. The Morgan fingerprint density at radius 2 is 2.05 bits per heavy atom. The highest BCUT2D eigenvalue weighted by Gasteiger charge is 2.15. The number of fused-ring (bicyclic) bond motifs is 1. The molecule has 0 saturated heterocycles. The lowest BCUT2D eigenvalue weighted by molar-refractivity contribution is 0.0948. The molecule has 0 bridgehead atoms. The van der Waals surface area contributed by atoms with Crippen LogP contribution in [0, 0.1) is 6.92 Å². The maximum Gasteiger partial charge on any atom is 0.290 e. The average molecular weight is 357 g/mol. The molecule has 0 aliphatic heterocycles. The van der Waals surface area contributed by atoms with E-state index in [0.29, 0.717) is 11.4 Å². The summed E-state index contributed by atoms with van der Waals surface area (Å²) < 4.78 is 2.75. The molecule has 5 nitrogen and oxygen atoms in total. The molecule has 0 fully saturated rings. The van der Waals surface area contributed by atoms with E-state index in [1.54, 1.807) is 17.5 Å². The number of nitrogens with zero attached hydrogens (tertiary/aromatic N) is 3. The summed E-state index contributed by atoms with van der Waals surface area (Å²) in [4.78, 5) is 16.6. The van der Waals surface area contributed by atoms with E-state index in [1.165, 1.54) is 0 Å². The summed E-state index contributed by atoms with van der Waals surface area (Å²) in [6, 6.07) is 13.2. The highest BCUT2D eigenvalue weighted by molar-refractivity contribution is 9.10. The van der Waals surface area contributed by atoms with Gasteiger partial charge in [-0.25, -0.2) is 10.4 Å². The van der Waals surface area contributed by atoms with Crippen molar-refractivity contribution in [1.82, 2.24) is 14.8 Å². The fourth-order valence-electron chi connectivity index (χ4n) is 2.15. The molecule has 0 unspecified atom stereocenters. The van der Waals surface area contributed by atoms with Crippen LogP contribution in [0.5, 0.6) is 0 Å². The van der Waals surface area contributed by atoms with Crippen LogP contribution in [0.25, 0.3) is 5.65 Å². The molecule has 0 aliphatic carbocycles. The Balaban J connectivity index is 1.79. The molecule has 0 atom stereocenters. The van der Waals surface area contributed by atoms with Crippen molar-refractivity contribution in [2.24, 2.45) is 5.10 Å². The molecule has 2 heterocycles. The van der Waals surface area contributed by atoms with Gasteiger partial charge in [-0.2, -0.15) is 5.10 Å². The van der Waals surface area contributed by atoms with Gasteiger partial charge in [-0.1, -0.05) is 34.1 Å². The molecule has 6 heteroatoms. The molecule has 1 aromatic carbocycles. The predicted octanol–water partition coefficient (Wildman–Crippen LogP) is 3.17. The van der Waals surface area contributed by atoms with Crippen molar-refractivity contribution >= 4 is 33.7 Å². The maximum absolute atomic E-state index is 12.3. The van der Waals surface area contributed by atoms with Gasteiger partial charge in [-0.05, 0) is 36.8 Å². The minimum Gasteiger partial charge on any atom is -0.295 e. The van der Waals surface area contributed by atoms with Crippen LogP contribution in [-0.2, 0) is 0 Å². The summed E-state index contributed by atoms with van der Waals surface area (Å²) in [5, 5.41) is 3.99. The molecule has 3 rings (SSSR count). The van der Waals surface area contributed by atoms with Crippen LogP contribution in [0.3, 0.4) is 0 Å². The predicted molar refractivity (Wildman–Crippen MR) is 89.1 cm³/mol. The number of imidazole rings is 1. The first-order valence-electron chi connectivity index (χ1n) is 6.68. The zero-order valence-electron chi connectivity index (χ0n) is 11.8. The SMILES string of the molecule is Cc1nc2ccccn2c1C(=O)N/N=C\c1ccc(Br)cc1. The van der Waals surface area contributed by atoms with Crippen LogP contribution in [0.4, 0.5) is 0 Å². The largest absolute Gasteiger partial charge is 0.295 e. The van der Waals surface area contributed by atoms with Gasteiger partial charge < -0.3 is 0 Å². The monoisotopic (exact) mass is 356 g/mol. The Kier molecular flexibility index (Phi) is 4.02. The highest BCUT2D eigenvalue weighted by Crippen LogP contribution is 2.11. The molecular formula is C16H13BrN4O. The fraction of sp³-hybridized carbons (Fsp3) is 0.0625. The van der Waals surface area contributed by atoms with Gasteiger partial charge in [-0.3, -0.25) is 9.20 Å². The van der Waals surface area contributed by atoms with Crippen molar-refractivity contribution in [3.63, 3.8) is 0 Å². The third-order valence-electron chi connectivity index (χ3n) is 3.17. The van der Waals surface area contributed by atoms with Gasteiger partial charge in [0.15, 0.2) is 0 Å². The Morgan fingerprint density at radius 1 is 1.27 bits per heavy atom. The molecule has 0 spiro atoms. The van der Waals surface area contributed by atoms with E-state index in [-0.39, 0.29) is 5.91 Å². The number of aromatic nitrogens is 2. The van der Waals surface area contributed by atoms with Crippen LogP contribution in [0.2, 0.25) is 0 Å². The summed E-state index contributed by atoms with van der Waals surface area (Å²) in [5.74, 6) is -0.287. The molecular weight excluding hydrogens is 344 g/mol. The lowest BCUT2D eigenvalue weighted by Gasteiger charge is -2.01. The van der Waals surface area contributed by atoms with E-state index in [1.807, 2.05) is 48.7 Å². The van der Waals surface area contributed by atoms with Crippen molar-refractivity contribution in [2.75, 3.05) is 0 Å². The van der Waals surface area contributed by atoms with Gasteiger partial charge >= 0.3 is 0 Å². The van der Waals surface area contributed by atoms with E-state index >= 15 is 0 Å². The second-order valence-electron chi connectivity index (χ2n) is 4.73. The molecule has 0 radical (unpaired) electrons. The lowest BCUT2D eigenvalue weighted by Crippen LogP contribution is -2.20. The van der Waals surface area contributed by atoms with Crippen LogP contribution >= 0.6 is 15.9 Å². The summed E-state index contributed by atoms with van der Waals surface area (Å²) in [6.45, 7) is 1.81. The second kappa shape index (κ2) is 6.11. The Labute approximate surface area is 135 Å². The van der Waals surface area contributed by atoms with E-state index in [9.17, 15) is 4.79 Å². The average Bonchev–Trinajstić information content (AvgIpc) is 2.85. The van der Waals surface area contributed by atoms with Crippen molar-refractivity contribution < 1.29 is 4.79 Å². The Bertz CT molecular complexity index is 852. The summed E-state index contributed by atoms with van der Waals surface area (Å²) >= 11 is 3.37. The molecule has 1 amide bonds. The number of aryl methyl sites for hydroxylation is 1. The third kappa shape index (κ3) is 2.92. The molecule has 110 valence electrons. The number of hydrogen-bond acceptors (Lipinski definition) is 3. The van der Waals surface area contributed by atoms with E-state index in [4.69, 9.17) is 0 Å². The number of amides is 1. The second-order valence-corrected chi connectivity index (χ2v) is 5.64. The molecule has 0 aliphatic rings. The number of carbonyl (C=O) groups excluding carboxylic acids is 1. The quantitative estimate of drug-likeness (QED) is 0.578. The molecule has 3 aromatic rings. The minimum absolute atomic E-state index is 0.287. The number of halogens is 1. The van der Waals surface area contributed by atoms with Gasteiger partial charge in [0.25, 0.3) is 5.91 Å². The summed E-state index contributed by atoms with van der Waals surface area (Å²) in [7, 11) is 0. The van der Waals surface area contributed by atoms with Gasteiger partial charge in [0.05, 0.1) is 11.9 Å². The molecule has 1 N–H and O–H groups in total. The Hall–Kier alpha value is -2.47. The number of pyridine rings is 1.